The Kier molecular flexibility index (Phi) is 8.87. The Hall–Kier alpha value is -4.41. The molecule has 0 spiro atoms. The highest BCUT2D eigenvalue weighted by atomic mass is 32.3. The molecule has 5 atom stereocenters. The quantitative estimate of drug-likeness (QED) is 0.188. The Morgan fingerprint density at radius 2 is 1.69 bits per heavy atom. The molecule has 5 aromatic rings. The summed E-state index contributed by atoms with van der Waals surface area (Å²) in [7, 11) is -3.84. The number of sulfone groups is 1. The van der Waals surface area contributed by atoms with Crippen molar-refractivity contribution in [3.63, 3.8) is 0 Å². The number of benzene rings is 2. The number of aromatic nitrogens is 5. The van der Waals surface area contributed by atoms with Crippen molar-refractivity contribution in [2.45, 2.75) is 71.7 Å². The van der Waals surface area contributed by atoms with E-state index < -0.39 is 50.8 Å². The number of rotatable bonds is 10. The molecule has 0 bridgehead atoms. The Morgan fingerprint density at radius 1 is 0.958 bits per heavy atom. The number of nitrogens with one attached hydrogen (secondary N) is 1. The molecule has 0 aliphatic carbocycles. The lowest BCUT2D eigenvalue weighted by Gasteiger charge is -2.26. The number of carbonyl (C=O) groups is 1. The van der Waals surface area contributed by atoms with Crippen LogP contribution in [0.25, 0.3) is 11.2 Å². The topological polar surface area (TPSA) is 157 Å². The molecule has 2 aliphatic rings. The molecule has 1 unspecified atom stereocenters. The highest BCUT2D eigenvalue weighted by molar-refractivity contribution is 8.13. The fraction of sp³-hybridized carbons (Fsp3) is 0.303. The second kappa shape index (κ2) is 13.2. The van der Waals surface area contributed by atoms with Gasteiger partial charge in [0.15, 0.2) is 38.8 Å². The van der Waals surface area contributed by atoms with Crippen LogP contribution in [0.15, 0.2) is 108 Å². The second-order valence-corrected chi connectivity index (χ2v) is 15.3. The van der Waals surface area contributed by atoms with E-state index in [0.29, 0.717) is 16.2 Å². The maximum atomic E-state index is 14.0. The molecule has 15 heteroatoms. The molecule has 2 fully saturated rings. The molecule has 7 rings (SSSR count). The molecule has 1 N–H and O–H groups in total. The zero-order chi connectivity index (χ0) is 33.3. The van der Waals surface area contributed by atoms with Crippen LogP contribution in [0.5, 0.6) is 0 Å². The summed E-state index contributed by atoms with van der Waals surface area (Å²) < 4.78 is 53.4. The van der Waals surface area contributed by atoms with Crippen LogP contribution in [0.4, 0.5) is 10.6 Å². The van der Waals surface area contributed by atoms with Gasteiger partial charge in [-0.3, -0.25) is 9.88 Å². The zero-order valence-corrected chi connectivity index (χ0v) is 27.6. The summed E-state index contributed by atoms with van der Waals surface area (Å²) >= 11 is 1.16. The van der Waals surface area contributed by atoms with Crippen LogP contribution in [0.3, 0.4) is 0 Å². The molecule has 1 amide bonds. The maximum absolute atomic E-state index is 14.0. The van der Waals surface area contributed by atoms with Crippen molar-refractivity contribution in [3.8, 4) is 0 Å². The Labute approximate surface area is 280 Å². The smallest absolute Gasteiger partial charge is 0.413 e. The average molecular weight is 689 g/mol. The number of hydrogen-bond donors (Lipinski definition) is 1. The van der Waals surface area contributed by atoms with Crippen molar-refractivity contribution in [3.05, 3.63) is 103 Å². The van der Waals surface area contributed by atoms with Gasteiger partial charge >= 0.3 is 6.09 Å². The SMILES string of the molecule is CC1(C)O[C@@H]2[C@H](O1)[C@@H](CC(Sc1ccccn1)S(=O)(=O)c1ccccc1)O[C@H]2n1cnc2c(NC(=O)OCc3ccccc3)ncnc21. The first-order valence-electron chi connectivity index (χ1n) is 15.2. The number of anilines is 1. The summed E-state index contributed by atoms with van der Waals surface area (Å²) in [6.07, 6.45) is 1.15. The number of ether oxygens (including phenoxy) is 4. The lowest BCUT2D eigenvalue weighted by molar-refractivity contribution is -0.196. The maximum Gasteiger partial charge on any atom is 0.413 e. The highest BCUT2D eigenvalue weighted by Crippen LogP contribution is 2.47. The first-order chi connectivity index (χ1) is 23.2. The van der Waals surface area contributed by atoms with E-state index >= 15 is 0 Å². The summed E-state index contributed by atoms with van der Waals surface area (Å²) in [5, 5.41) is 3.21. The van der Waals surface area contributed by atoms with Gasteiger partial charge < -0.3 is 18.9 Å². The number of imidazole rings is 1. The van der Waals surface area contributed by atoms with Crippen molar-refractivity contribution in [1.29, 1.82) is 0 Å². The lowest BCUT2D eigenvalue weighted by atomic mass is 10.1. The molecule has 3 aromatic heterocycles. The largest absolute Gasteiger partial charge is 0.444 e. The first-order valence-corrected chi connectivity index (χ1v) is 17.6. The van der Waals surface area contributed by atoms with E-state index in [0.717, 1.165) is 17.3 Å². The zero-order valence-electron chi connectivity index (χ0n) is 25.9. The van der Waals surface area contributed by atoms with E-state index in [2.05, 4.69) is 25.3 Å². The van der Waals surface area contributed by atoms with Crippen LogP contribution in [0.1, 0.15) is 32.1 Å². The number of pyridine rings is 1. The molecular weight excluding hydrogens is 657 g/mol. The molecule has 0 radical (unpaired) electrons. The standard InChI is InChI=1S/C33H32N6O7S2/c1-33(2)45-27-23(17-25(47-24-15-9-10-16-34-24)48(41,42)22-13-7-4-8-14-22)44-31(28(27)46-33)39-20-37-26-29(35-19-36-30(26)39)38-32(40)43-18-21-11-5-3-6-12-21/h3-16,19-20,23,25,27-28,31H,17-18H2,1-2H3,(H,35,36,38,40)/t23-,25?,27-,28-,31-/m1/s1. The highest BCUT2D eigenvalue weighted by Gasteiger charge is 2.57. The second-order valence-electron chi connectivity index (χ2n) is 11.7. The summed E-state index contributed by atoms with van der Waals surface area (Å²) in [4.78, 5) is 30.3. The van der Waals surface area contributed by atoms with E-state index in [1.54, 1.807) is 67.1 Å². The van der Waals surface area contributed by atoms with Crippen LogP contribution in [0, 0.1) is 0 Å². The number of fused-ring (bicyclic) bond motifs is 2. The average Bonchev–Trinajstić information content (AvgIpc) is 3.76. The summed E-state index contributed by atoms with van der Waals surface area (Å²) in [5.74, 6) is -0.800. The summed E-state index contributed by atoms with van der Waals surface area (Å²) in [6.45, 7) is 3.69. The molecule has 248 valence electrons. The normalized spacial score (nSPS) is 22.3. The third-order valence-corrected chi connectivity index (χ3v) is 11.7. The summed E-state index contributed by atoms with van der Waals surface area (Å²) in [6, 6.07) is 23.0. The number of carbonyl (C=O) groups excluding carboxylic acids is 1. The minimum absolute atomic E-state index is 0.0806. The minimum atomic E-state index is -3.84. The van der Waals surface area contributed by atoms with Gasteiger partial charge in [-0.05, 0) is 43.7 Å². The van der Waals surface area contributed by atoms with Crippen LogP contribution in [-0.2, 0) is 35.4 Å². The van der Waals surface area contributed by atoms with E-state index in [-0.39, 0.29) is 23.7 Å². The van der Waals surface area contributed by atoms with E-state index in [9.17, 15) is 13.2 Å². The van der Waals surface area contributed by atoms with Gasteiger partial charge in [-0.15, -0.1) is 0 Å². The number of thioether (sulfide) groups is 1. The van der Waals surface area contributed by atoms with Crippen LogP contribution < -0.4 is 5.32 Å². The van der Waals surface area contributed by atoms with Gasteiger partial charge in [0.05, 0.1) is 22.4 Å². The van der Waals surface area contributed by atoms with Gasteiger partial charge in [0.2, 0.25) is 0 Å². The van der Waals surface area contributed by atoms with Gasteiger partial charge in [-0.25, -0.2) is 33.1 Å². The van der Waals surface area contributed by atoms with Gasteiger partial charge in [-0.1, -0.05) is 66.4 Å². The van der Waals surface area contributed by atoms with Crippen molar-refractivity contribution in [2.24, 2.45) is 0 Å². The Bertz CT molecular complexity index is 2000. The molecular formula is C33H32N6O7S2. The van der Waals surface area contributed by atoms with Crippen molar-refractivity contribution >= 4 is 44.7 Å². The number of hydrogen-bond acceptors (Lipinski definition) is 12. The Morgan fingerprint density at radius 3 is 2.44 bits per heavy atom. The van der Waals surface area contributed by atoms with Crippen LogP contribution in [0.2, 0.25) is 0 Å². The fourth-order valence-electron chi connectivity index (χ4n) is 5.80. The third-order valence-electron chi connectivity index (χ3n) is 7.92. The van der Waals surface area contributed by atoms with Crippen LogP contribution in [-0.4, -0.2) is 67.7 Å². The van der Waals surface area contributed by atoms with Gasteiger partial charge in [0, 0.05) is 12.6 Å². The predicted molar refractivity (Wildman–Crippen MR) is 175 cm³/mol. The molecule has 13 nitrogen and oxygen atoms in total. The first kappa shape index (κ1) is 32.2. The molecule has 2 aromatic carbocycles. The third kappa shape index (κ3) is 6.64. The molecule has 48 heavy (non-hydrogen) atoms. The number of nitrogens with zero attached hydrogens (tertiary/aromatic N) is 5. The monoisotopic (exact) mass is 688 g/mol. The van der Waals surface area contributed by atoms with Gasteiger partial charge in [0.25, 0.3) is 0 Å². The molecule has 0 saturated carbocycles. The summed E-state index contributed by atoms with van der Waals surface area (Å²) in [5.41, 5.74) is 1.52. The van der Waals surface area contributed by atoms with Gasteiger partial charge in [-0.2, -0.15) is 0 Å². The predicted octanol–water partition coefficient (Wildman–Crippen LogP) is 5.37. The van der Waals surface area contributed by atoms with Crippen LogP contribution >= 0.6 is 11.8 Å². The van der Waals surface area contributed by atoms with Crippen molar-refractivity contribution < 1.29 is 32.2 Å². The molecule has 5 heterocycles. The van der Waals surface area contributed by atoms with Crippen molar-refractivity contribution in [1.82, 2.24) is 24.5 Å². The fourth-order valence-corrected chi connectivity index (χ4v) is 9.05. The van der Waals surface area contributed by atoms with Gasteiger partial charge in [0.1, 0.15) is 29.7 Å². The minimum Gasteiger partial charge on any atom is -0.444 e. The lowest BCUT2D eigenvalue weighted by Crippen LogP contribution is -2.34. The van der Waals surface area contributed by atoms with E-state index in [4.69, 9.17) is 18.9 Å². The molecule has 2 aliphatic heterocycles. The van der Waals surface area contributed by atoms with E-state index in [1.165, 1.54) is 12.7 Å². The molecule has 2 saturated heterocycles. The Balaban J connectivity index is 1.16. The number of amides is 1. The van der Waals surface area contributed by atoms with Crippen molar-refractivity contribution in [2.75, 3.05) is 5.32 Å². The van der Waals surface area contributed by atoms with E-state index in [1.807, 2.05) is 36.4 Å².